The molecule has 0 aliphatic heterocycles. The number of hydrogen-bond acceptors (Lipinski definition) is 4. The van der Waals surface area contributed by atoms with Gasteiger partial charge in [0.15, 0.2) is 0 Å². The molecule has 0 spiro atoms. The number of sulfonamides is 1. The van der Waals surface area contributed by atoms with Crippen LogP contribution in [0, 0.1) is 0 Å². The van der Waals surface area contributed by atoms with E-state index in [1.807, 2.05) is 29.0 Å². The van der Waals surface area contributed by atoms with Crippen LogP contribution in [0.1, 0.15) is 25.0 Å². The average Bonchev–Trinajstić information content (AvgIpc) is 2.97. The van der Waals surface area contributed by atoms with Gasteiger partial charge in [-0.2, -0.15) is 11.3 Å². The Hall–Kier alpha value is -1.21. The standard InChI is InChI=1S/C15H20N2O2S2/c1-12(2)16-9-13-3-5-15(6-4-13)21(18,19)17-10-14-7-8-20-11-14/h3-8,11-12,16-17H,9-10H2,1-2H3. The Labute approximate surface area is 130 Å². The number of hydrogen-bond donors (Lipinski definition) is 2. The second-order valence-corrected chi connectivity index (χ2v) is 7.68. The molecule has 0 fully saturated rings. The minimum Gasteiger partial charge on any atom is -0.310 e. The predicted molar refractivity (Wildman–Crippen MR) is 86.8 cm³/mol. The summed E-state index contributed by atoms with van der Waals surface area (Å²) in [5.74, 6) is 0. The van der Waals surface area contributed by atoms with Crippen molar-refractivity contribution in [2.45, 2.75) is 37.9 Å². The first kappa shape index (κ1) is 16.2. The fourth-order valence-electron chi connectivity index (χ4n) is 1.76. The zero-order valence-corrected chi connectivity index (χ0v) is 13.8. The molecular formula is C15H20N2O2S2. The van der Waals surface area contributed by atoms with Crippen molar-refractivity contribution in [2.75, 3.05) is 0 Å². The largest absolute Gasteiger partial charge is 0.310 e. The smallest absolute Gasteiger partial charge is 0.240 e. The molecular weight excluding hydrogens is 304 g/mol. The van der Waals surface area contributed by atoms with Crippen molar-refractivity contribution in [3.8, 4) is 0 Å². The maximum Gasteiger partial charge on any atom is 0.240 e. The van der Waals surface area contributed by atoms with E-state index in [-0.39, 0.29) is 0 Å². The molecule has 2 N–H and O–H groups in total. The zero-order chi connectivity index (χ0) is 15.3. The maximum atomic E-state index is 12.2. The summed E-state index contributed by atoms with van der Waals surface area (Å²) in [5.41, 5.74) is 2.04. The second kappa shape index (κ2) is 7.17. The van der Waals surface area contributed by atoms with Gasteiger partial charge in [-0.05, 0) is 40.1 Å². The SMILES string of the molecule is CC(C)NCc1ccc(S(=O)(=O)NCc2ccsc2)cc1. The highest BCUT2D eigenvalue weighted by molar-refractivity contribution is 7.89. The molecule has 1 heterocycles. The third kappa shape index (κ3) is 4.93. The molecule has 1 aromatic heterocycles. The molecule has 21 heavy (non-hydrogen) atoms. The van der Waals surface area contributed by atoms with Crippen LogP contribution in [0.5, 0.6) is 0 Å². The highest BCUT2D eigenvalue weighted by Crippen LogP contribution is 2.12. The van der Waals surface area contributed by atoms with Gasteiger partial charge in [0.2, 0.25) is 10.0 Å². The lowest BCUT2D eigenvalue weighted by Crippen LogP contribution is -2.23. The minimum absolute atomic E-state index is 0.297. The quantitative estimate of drug-likeness (QED) is 0.823. The Morgan fingerprint density at radius 1 is 1.05 bits per heavy atom. The highest BCUT2D eigenvalue weighted by atomic mass is 32.2. The number of benzene rings is 1. The van der Waals surface area contributed by atoms with Gasteiger partial charge in [-0.1, -0.05) is 26.0 Å². The molecule has 0 atom stereocenters. The van der Waals surface area contributed by atoms with Crippen LogP contribution in [-0.4, -0.2) is 14.5 Å². The number of nitrogens with one attached hydrogen (secondary N) is 2. The minimum atomic E-state index is -3.45. The molecule has 2 aromatic rings. The van der Waals surface area contributed by atoms with Gasteiger partial charge in [0.05, 0.1) is 4.90 Å². The van der Waals surface area contributed by atoms with Crippen LogP contribution in [-0.2, 0) is 23.1 Å². The van der Waals surface area contributed by atoms with Gasteiger partial charge < -0.3 is 5.32 Å². The van der Waals surface area contributed by atoms with E-state index in [1.54, 1.807) is 23.5 Å². The lowest BCUT2D eigenvalue weighted by atomic mass is 10.2. The van der Waals surface area contributed by atoms with E-state index < -0.39 is 10.0 Å². The Kier molecular flexibility index (Phi) is 5.52. The monoisotopic (exact) mass is 324 g/mol. The maximum absolute atomic E-state index is 12.2. The Bertz CT molecular complexity index is 647. The Morgan fingerprint density at radius 3 is 2.33 bits per heavy atom. The molecule has 1 aromatic carbocycles. The Balaban J connectivity index is 1.99. The fraction of sp³-hybridized carbons (Fsp3) is 0.333. The van der Waals surface area contributed by atoms with Gasteiger partial charge in [-0.3, -0.25) is 0 Å². The summed E-state index contributed by atoms with van der Waals surface area (Å²) in [6, 6.07) is 9.29. The number of rotatable bonds is 7. The summed E-state index contributed by atoms with van der Waals surface area (Å²) in [5, 5.41) is 7.16. The van der Waals surface area contributed by atoms with E-state index in [2.05, 4.69) is 23.9 Å². The van der Waals surface area contributed by atoms with Crippen molar-refractivity contribution in [3.05, 3.63) is 52.2 Å². The summed E-state index contributed by atoms with van der Waals surface area (Å²) in [7, 11) is -3.45. The molecule has 0 aliphatic rings. The number of thiophene rings is 1. The molecule has 0 bridgehead atoms. The van der Waals surface area contributed by atoms with Gasteiger partial charge >= 0.3 is 0 Å². The molecule has 0 saturated carbocycles. The molecule has 114 valence electrons. The normalized spacial score (nSPS) is 12.0. The van der Waals surface area contributed by atoms with Crippen LogP contribution in [0.25, 0.3) is 0 Å². The van der Waals surface area contributed by atoms with Crippen LogP contribution in [0.2, 0.25) is 0 Å². The predicted octanol–water partition coefficient (Wildman–Crippen LogP) is 2.72. The third-order valence-corrected chi connectivity index (χ3v) is 5.14. The van der Waals surface area contributed by atoms with E-state index in [0.717, 1.165) is 17.7 Å². The van der Waals surface area contributed by atoms with Gasteiger partial charge in [0, 0.05) is 19.1 Å². The van der Waals surface area contributed by atoms with Crippen molar-refractivity contribution in [1.29, 1.82) is 0 Å². The summed E-state index contributed by atoms with van der Waals surface area (Å²) >= 11 is 1.55. The summed E-state index contributed by atoms with van der Waals surface area (Å²) in [6.07, 6.45) is 0. The van der Waals surface area contributed by atoms with Crippen LogP contribution < -0.4 is 10.0 Å². The summed E-state index contributed by atoms with van der Waals surface area (Å²) in [4.78, 5) is 0.297. The molecule has 0 unspecified atom stereocenters. The molecule has 0 amide bonds. The van der Waals surface area contributed by atoms with Gasteiger partial charge in [-0.15, -0.1) is 0 Å². The van der Waals surface area contributed by atoms with Crippen molar-refractivity contribution in [2.24, 2.45) is 0 Å². The molecule has 0 saturated heterocycles. The van der Waals surface area contributed by atoms with Gasteiger partial charge in [0.25, 0.3) is 0 Å². The molecule has 0 radical (unpaired) electrons. The molecule has 4 nitrogen and oxygen atoms in total. The topological polar surface area (TPSA) is 58.2 Å². The van der Waals surface area contributed by atoms with E-state index >= 15 is 0 Å². The van der Waals surface area contributed by atoms with Crippen molar-refractivity contribution >= 4 is 21.4 Å². The fourth-order valence-corrected chi connectivity index (χ4v) is 3.45. The van der Waals surface area contributed by atoms with Crippen LogP contribution in [0.4, 0.5) is 0 Å². The van der Waals surface area contributed by atoms with E-state index in [9.17, 15) is 8.42 Å². The average molecular weight is 324 g/mol. The van der Waals surface area contributed by atoms with Crippen molar-refractivity contribution in [1.82, 2.24) is 10.0 Å². The lowest BCUT2D eigenvalue weighted by Gasteiger charge is -2.09. The van der Waals surface area contributed by atoms with Crippen LogP contribution in [0.15, 0.2) is 46.0 Å². The first-order valence-electron chi connectivity index (χ1n) is 6.80. The summed E-state index contributed by atoms with van der Waals surface area (Å²) in [6.45, 7) is 5.21. The zero-order valence-electron chi connectivity index (χ0n) is 12.2. The molecule has 0 aliphatic carbocycles. The molecule has 6 heteroatoms. The van der Waals surface area contributed by atoms with E-state index in [4.69, 9.17) is 0 Å². The van der Waals surface area contributed by atoms with Gasteiger partial charge in [-0.25, -0.2) is 13.1 Å². The van der Waals surface area contributed by atoms with E-state index in [1.165, 1.54) is 0 Å². The highest BCUT2D eigenvalue weighted by Gasteiger charge is 2.13. The van der Waals surface area contributed by atoms with E-state index in [0.29, 0.717) is 17.5 Å². The third-order valence-electron chi connectivity index (χ3n) is 2.99. The molecule has 2 rings (SSSR count). The van der Waals surface area contributed by atoms with Gasteiger partial charge in [0.1, 0.15) is 0 Å². The first-order chi connectivity index (χ1) is 9.97. The lowest BCUT2D eigenvalue weighted by molar-refractivity contribution is 0.580. The first-order valence-corrected chi connectivity index (χ1v) is 9.23. The second-order valence-electron chi connectivity index (χ2n) is 5.14. The summed E-state index contributed by atoms with van der Waals surface area (Å²) < 4.78 is 27.0. The van der Waals surface area contributed by atoms with Crippen molar-refractivity contribution in [3.63, 3.8) is 0 Å². The van der Waals surface area contributed by atoms with Crippen LogP contribution >= 0.6 is 11.3 Å². The Morgan fingerprint density at radius 2 is 1.76 bits per heavy atom. The van der Waals surface area contributed by atoms with Crippen LogP contribution in [0.3, 0.4) is 0 Å². The van der Waals surface area contributed by atoms with Crippen molar-refractivity contribution < 1.29 is 8.42 Å².